The summed E-state index contributed by atoms with van der Waals surface area (Å²) >= 11 is 1.61. The highest BCUT2D eigenvalue weighted by molar-refractivity contribution is 7.99. The van der Waals surface area contributed by atoms with Gasteiger partial charge in [0.25, 0.3) is 5.91 Å². The van der Waals surface area contributed by atoms with Crippen LogP contribution in [0.15, 0.2) is 47.6 Å². The zero-order valence-corrected chi connectivity index (χ0v) is 18.2. The first-order chi connectivity index (χ1) is 14.6. The van der Waals surface area contributed by atoms with Crippen LogP contribution in [0, 0.1) is 0 Å². The van der Waals surface area contributed by atoms with Crippen LogP contribution in [0.4, 0.5) is 0 Å². The lowest BCUT2D eigenvalue weighted by Gasteiger charge is -2.07. The number of carbonyl (C=O) groups excluding carboxylic acids is 1. The van der Waals surface area contributed by atoms with Crippen LogP contribution in [0.2, 0.25) is 0 Å². The van der Waals surface area contributed by atoms with Crippen molar-refractivity contribution in [3.05, 3.63) is 53.9 Å². The van der Waals surface area contributed by atoms with E-state index in [2.05, 4.69) is 32.2 Å². The van der Waals surface area contributed by atoms with Crippen LogP contribution >= 0.6 is 11.8 Å². The summed E-state index contributed by atoms with van der Waals surface area (Å²) < 4.78 is 9.19. The number of rotatable bonds is 8. The highest BCUT2D eigenvalue weighted by Gasteiger charge is 2.13. The molecule has 0 aliphatic carbocycles. The zero-order chi connectivity index (χ0) is 21.1. The van der Waals surface area contributed by atoms with E-state index in [1.807, 2.05) is 49.0 Å². The fourth-order valence-electron chi connectivity index (χ4n) is 3.60. The second-order valence-corrected chi connectivity index (χ2v) is 8.18. The van der Waals surface area contributed by atoms with Crippen molar-refractivity contribution in [1.82, 2.24) is 24.6 Å². The summed E-state index contributed by atoms with van der Waals surface area (Å²) in [5, 5.41) is 14.6. The van der Waals surface area contributed by atoms with E-state index in [4.69, 9.17) is 4.74 Å². The SMILES string of the molecule is COCCSc1nnc(CCNC(=O)c2ccc3c(c2)c2ccccc2n3C)n1C. The molecule has 0 bridgehead atoms. The average molecular weight is 424 g/mol. The Labute approximate surface area is 179 Å². The van der Waals surface area contributed by atoms with Gasteiger partial charge in [0.15, 0.2) is 5.16 Å². The highest BCUT2D eigenvalue weighted by atomic mass is 32.2. The predicted molar refractivity (Wildman–Crippen MR) is 120 cm³/mol. The van der Waals surface area contributed by atoms with Gasteiger partial charge in [-0.05, 0) is 24.3 Å². The third kappa shape index (κ3) is 3.93. The van der Waals surface area contributed by atoms with Gasteiger partial charge in [-0.15, -0.1) is 10.2 Å². The molecule has 0 aliphatic heterocycles. The number of para-hydroxylation sites is 1. The maximum atomic E-state index is 12.7. The molecule has 2 aromatic carbocycles. The number of aromatic nitrogens is 4. The van der Waals surface area contributed by atoms with Crippen molar-refractivity contribution in [2.75, 3.05) is 26.0 Å². The molecule has 0 spiro atoms. The summed E-state index contributed by atoms with van der Waals surface area (Å²) in [4.78, 5) is 12.7. The van der Waals surface area contributed by atoms with Gasteiger partial charge >= 0.3 is 0 Å². The Morgan fingerprint density at radius 1 is 1.07 bits per heavy atom. The van der Waals surface area contributed by atoms with Crippen LogP contribution in [-0.4, -0.2) is 51.3 Å². The molecule has 0 atom stereocenters. The number of benzene rings is 2. The van der Waals surface area contributed by atoms with Gasteiger partial charge < -0.3 is 19.2 Å². The molecule has 7 nitrogen and oxygen atoms in total. The van der Waals surface area contributed by atoms with Crippen molar-refractivity contribution in [1.29, 1.82) is 0 Å². The molecule has 0 saturated carbocycles. The van der Waals surface area contributed by atoms with Crippen LogP contribution in [0.5, 0.6) is 0 Å². The Bertz CT molecular complexity index is 1200. The van der Waals surface area contributed by atoms with E-state index >= 15 is 0 Å². The highest BCUT2D eigenvalue weighted by Crippen LogP contribution is 2.28. The van der Waals surface area contributed by atoms with E-state index in [0.29, 0.717) is 25.1 Å². The number of carbonyl (C=O) groups is 1. The van der Waals surface area contributed by atoms with Crippen LogP contribution in [-0.2, 0) is 25.3 Å². The van der Waals surface area contributed by atoms with Crippen molar-refractivity contribution in [2.45, 2.75) is 11.6 Å². The summed E-state index contributed by atoms with van der Waals surface area (Å²) in [6.07, 6.45) is 0.622. The number of nitrogens with zero attached hydrogens (tertiary/aromatic N) is 4. The minimum absolute atomic E-state index is 0.0818. The first kappa shape index (κ1) is 20.4. The number of amides is 1. The van der Waals surface area contributed by atoms with Gasteiger partial charge in [-0.25, -0.2) is 0 Å². The summed E-state index contributed by atoms with van der Waals surface area (Å²) in [6, 6.07) is 14.1. The van der Waals surface area contributed by atoms with E-state index in [1.165, 1.54) is 0 Å². The Balaban J connectivity index is 1.42. The van der Waals surface area contributed by atoms with Crippen molar-refractivity contribution in [3.63, 3.8) is 0 Å². The minimum Gasteiger partial charge on any atom is -0.384 e. The molecule has 4 rings (SSSR count). The standard InChI is InChI=1S/C22H25N5O2S/c1-26-18-7-5-4-6-16(18)17-14-15(8-9-19(17)26)21(28)23-11-10-20-24-25-22(27(20)2)30-13-12-29-3/h4-9,14H,10-13H2,1-3H3,(H,23,28). The van der Waals surface area contributed by atoms with Crippen LogP contribution in [0.3, 0.4) is 0 Å². The van der Waals surface area contributed by atoms with Gasteiger partial charge in [-0.3, -0.25) is 4.79 Å². The number of methoxy groups -OCH3 is 1. The van der Waals surface area contributed by atoms with E-state index in [-0.39, 0.29) is 5.91 Å². The average Bonchev–Trinajstić information content (AvgIpc) is 3.26. The van der Waals surface area contributed by atoms with Crippen LogP contribution in [0.1, 0.15) is 16.2 Å². The van der Waals surface area contributed by atoms with Crippen molar-refractivity contribution in [3.8, 4) is 0 Å². The number of hydrogen-bond acceptors (Lipinski definition) is 5. The third-order valence-electron chi connectivity index (χ3n) is 5.25. The first-order valence-electron chi connectivity index (χ1n) is 9.85. The Morgan fingerprint density at radius 3 is 2.70 bits per heavy atom. The van der Waals surface area contributed by atoms with Gasteiger partial charge in [0.1, 0.15) is 5.82 Å². The molecule has 0 unspecified atom stereocenters. The molecule has 0 radical (unpaired) electrons. The molecule has 1 N–H and O–H groups in total. The van der Waals surface area contributed by atoms with E-state index in [9.17, 15) is 4.79 Å². The second-order valence-electron chi connectivity index (χ2n) is 7.11. The van der Waals surface area contributed by atoms with Gasteiger partial charge in [-0.2, -0.15) is 0 Å². The molecular weight excluding hydrogens is 398 g/mol. The Hall–Kier alpha value is -2.84. The maximum Gasteiger partial charge on any atom is 0.251 e. The monoisotopic (exact) mass is 423 g/mol. The quantitative estimate of drug-likeness (QED) is 0.348. The lowest BCUT2D eigenvalue weighted by atomic mass is 10.1. The fraction of sp³-hybridized carbons (Fsp3) is 0.318. The normalized spacial score (nSPS) is 11.4. The number of nitrogens with one attached hydrogen (secondary N) is 1. The van der Waals surface area contributed by atoms with Crippen molar-refractivity contribution in [2.24, 2.45) is 14.1 Å². The molecule has 0 saturated heterocycles. The summed E-state index contributed by atoms with van der Waals surface area (Å²) in [6.45, 7) is 1.17. The largest absolute Gasteiger partial charge is 0.384 e. The number of fused-ring (bicyclic) bond motifs is 3. The maximum absolute atomic E-state index is 12.7. The second kappa shape index (κ2) is 8.89. The molecule has 2 aromatic heterocycles. The summed E-state index contributed by atoms with van der Waals surface area (Å²) in [5.74, 6) is 1.59. The fourth-order valence-corrected chi connectivity index (χ4v) is 4.43. The molecule has 8 heteroatoms. The van der Waals surface area contributed by atoms with Crippen LogP contribution < -0.4 is 5.32 Å². The summed E-state index contributed by atoms with van der Waals surface area (Å²) in [7, 11) is 5.68. The Morgan fingerprint density at radius 2 is 1.87 bits per heavy atom. The molecule has 30 heavy (non-hydrogen) atoms. The topological polar surface area (TPSA) is 74.0 Å². The zero-order valence-electron chi connectivity index (χ0n) is 17.4. The number of ether oxygens (including phenoxy) is 1. The van der Waals surface area contributed by atoms with Gasteiger partial charge in [0.05, 0.1) is 6.61 Å². The third-order valence-corrected chi connectivity index (χ3v) is 6.24. The van der Waals surface area contributed by atoms with Gasteiger partial charge in [0.2, 0.25) is 0 Å². The van der Waals surface area contributed by atoms with Crippen molar-refractivity contribution >= 4 is 39.5 Å². The summed E-state index contributed by atoms with van der Waals surface area (Å²) in [5.41, 5.74) is 2.93. The number of thioether (sulfide) groups is 1. The van der Waals surface area contributed by atoms with E-state index in [1.54, 1.807) is 18.9 Å². The first-order valence-corrected chi connectivity index (χ1v) is 10.8. The predicted octanol–water partition coefficient (Wildman–Crippen LogP) is 3.17. The smallest absolute Gasteiger partial charge is 0.251 e. The molecular formula is C22H25N5O2S. The molecule has 2 heterocycles. The van der Waals surface area contributed by atoms with Crippen LogP contribution in [0.25, 0.3) is 21.8 Å². The van der Waals surface area contributed by atoms with Crippen molar-refractivity contribution < 1.29 is 9.53 Å². The molecule has 156 valence electrons. The molecule has 0 fully saturated rings. The van der Waals surface area contributed by atoms with Gasteiger partial charge in [-0.1, -0.05) is 30.0 Å². The molecule has 0 aliphatic rings. The van der Waals surface area contributed by atoms with Gasteiger partial charge in [0, 0.05) is 67.3 Å². The number of aryl methyl sites for hydroxylation is 1. The number of hydrogen-bond donors (Lipinski definition) is 1. The molecule has 1 amide bonds. The Kier molecular flexibility index (Phi) is 6.06. The lowest BCUT2D eigenvalue weighted by Crippen LogP contribution is -2.26. The van der Waals surface area contributed by atoms with E-state index in [0.717, 1.165) is 38.5 Å². The lowest BCUT2D eigenvalue weighted by molar-refractivity contribution is 0.0954. The van der Waals surface area contributed by atoms with E-state index < -0.39 is 0 Å². The minimum atomic E-state index is -0.0818. The molecule has 4 aromatic rings.